The molecule has 0 aliphatic carbocycles. The number of rotatable bonds is 8. The third-order valence-corrected chi connectivity index (χ3v) is 7.49. The van der Waals surface area contributed by atoms with Crippen molar-refractivity contribution in [3.8, 4) is 22.6 Å². The highest BCUT2D eigenvalue weighted by Gasteiger charge is 2.40. The molecule has 0 amide bonds. The number of nitrogens with zero attached hydrogens (tertiary/aromatic N) is 2. The summed E-state index contributed by atoms with van der Waals surface area (Å²) in [5.41, 5.74) is 4.30. The van der Waals surface area contributed by atoms with E-state index in [0.29, 0.717) is 18.7 Å². The number of hydrogen-bond acceptors (Lipinski definition) is 5. The van der Waals surface area contributed by atoms with Crippen LogP contribution in [0.5, 0.6) is 11.5 Å². The van der Waals surface area contributed by atoms with Crippen LogP contribution in [0.4, 0.5) is 10.1 Å². The van der Waals surface area contributed by atoms with Crippen molar-refractivity contribution in [2.24, 2.45) is 0 Å². The van der Waals surface area contributed by atoms with Crippen molar-refractivity contribution in [1.82, 2.24) is 4.90 Å². The number of phenols is 2. The number of benzene rings is 4. The van der Waals surface area contributed by atoms with Gasteiger partial charge in [-0.3, -0.25) is 4.90 Å². The Morgan fingerprint density at radius 1 is 0.868 bits per heavy atom. The molecular weight excluding hydrogens is 479 g/mol. The van der Waals surface area contributed by atoms with Crippen LogP contribution in [0.15, 0.2) is 97.1 Å². The lowest BCUT2D eigenvalue weighted by atomic mass is 9.91. The highest BCUT2D eigenvalue weighted by molar-refractivity contribution is 5.68. The fourth-order valence-electron chi connectivity index (χ4n) is 5.53. The van der Waals surface area contributed by atoms with Gasteiger partial charge in [-0.25, -0.2) is 4.39 Å². The maximum absolute atomic E-state index is 13.3. The fraction of sp³-hybridized carbons (Fsp3) is 0.250. The van der Waals surface area contributed by atoms with Crippen LogP contribution in [0.2, 0.25) is 0 Å². The zero-order valence-corrected chi connectivity index (χ0v) is 21.4. The van der Waals surface area contributed by atoms with Gasteiger partial charge in [-0.15, -0.1) is 0 Å². The Kier molecular flexibility index (Phi) is 7.63. The maximum atomic E-state index is 13.3. The molecule has 1 fully saturated rings. The van der Waals surface area contributed by atoms with E-state index in [1.165, 1.54) is 12.1 Å². The van der Waals surface area contributed by atoms with Crippen molar-refractivity contribution in [2.75, 3.05) is 18.6 Å². The molecule has 3 unspecified atom stereocenters. The zero-order chi connectivity index (χ0) is 26.6. The predicted molar refractivity (Wildman–Crippen MR) is 148 cm³/mol. The van der Waals surface area contributed by atoms with Crippen molar-refractivity contribution in [3.05, 3.63) is 114 Å². The van der Waals surface area contributed by atoms with Crippen LogP contribution in [0.3, 0.4) is 0 Å². The standard InChI is InChI=1S/C32H33FN2O3/c1-34-21-35(26-8-3-2-4-9-26)32(29(34)11-6-12-30(37)22-13-16-25(33)17-14-22)28-18-15-24(20-31(28)38)23-7-5-10-27(36)19-23/h2-5,7-10,13-20,29-30,32,36-38H,6,11-12,21H2,1H3. The Balaban J connectivity index is 1.40. The van der Waals surface area contributed by atoms with Crippen LogP contribution in [-0.2, 0) is 0 Å². The monoisotopic (exact) mass is 512 g/mol. The third kappa shape index (κ3) is 5.52. The van der Waals surface area contributed by atoms with Gasteiger partial charge in [0.2, 0.25) is 0 Å². The molecule has 1 saturated heterocycles. The summed E-state index contributed by atoms with van der Waals surface area (Å²) in [6.45, 7) is 0.702. The molecule has 0 radical (unpaired) electrons. The molecule has 0 saturated carbocycles. The van der Waals surface area contributed by atoms with E-state index in [1.54, 1.807) is 36.4 Å². The molecule has 3 N–H and O–H groups in total. The van der Waals surface area contributed by atoms with Gasteiger partial charge >= 0.3 is 0 Å². The number of aromatic hydroxyl groups is 2. The molecule has 0 spiro atoms. The summed E-state index contributed by atoms with van der Waals surface area (Å²) in [4.78, 5) is 4.61. The number of halogens is 1. The number of aliphatic hydroxyl groups is 1. The summed E-state index contributed by atoms with van der Waals surface area (Å²) in [5, 5.41) is 31.8. The van der Waals surface area contributed by atoms with Crippen molar-refractivity contribution < 1.29 is 19.7 Å². The Hall–Kier alpha value is -3.87. The number of hydrogen-bond donors (Lipinski definition) is 3. The number of likely N-dealkylation sites (N-methyl/N-ethyl adjacent to an activating group) is 1. The van der Waals surface area contributed by atoms with Crippen LogP contribution in [0.1, 0.15) is 42.5 Å². The van der Waals surface area contributed by atoms with Gasteiger partial charge in [0.05, 0.1) is 18.8 Å². The second kappa shape index (κ2) is 11.3. The minimum Gasteiger partial charge on any atom is -0.508 e. The number of para-hydroxylation sites is 1. The quantitative estimate of drug-likeness (QED) is 0.247. The first-order valence-corrected chi connectivity index (χ1v) is 13.0. The largest absolute Gasteiger partial charge is 0.508 e. The molecule has 4 aromatic carbocycles. The van der Waals surface area contributed by atoms with Gasteiger partial charge in [0.15, 0.2) is 0 Å². The highest BCUT2D eigenvalue weighted by Crippen LogP contribution is 2.43. The lowest BCUT2D eigenvalue weighted by molar-refractivity contribution is 0.157. The number of phenolic OH excluding ortho intramolecular Hbond substituents is 2. The maximum Gasteiger partial charge on any atom is 0.123 e. The van der Waals surface area contributed by atoms with E-state index in [2.05, 4.69) is 29.0 Å². The number of aliphatic hydroxyl groups excluding tert-OH is 1. The van der Waals surface area contributed by atoms with E-state index in [4.69, 9.17) is 0 Å². The van der Waals surface area contributed by atoms with E-state index < -0.39 is 6.10 Å². The van der Waals surface area contributed by atoms with Gasteiger partial charge in [-0.2, -0.15) is 0 Å². The SMILES string of the molecule is CN1CN(c2ccccc2)C(c2ccc(-c3cccc(O)c3)cc2O)C1CCCC(O)c1ccc(F)cc1. The summed E-state index contributed by atoms with van der Waals surface area (Å²) in [7, 11) is 2.09. The first-order chi connectivity index (χ1) is 18.4. The fourth-order valence-corrected chi connectivity index (χ4v) is 5.53. The average Bonchev–Trinajstić information content (AvgIpc) is 3.25. The first-order valence-electron chi connectivity index (χ1n) is 13.0. The predicted octanol–water partition coefficient (Wildman–Crippen LogP) is 6.63. The lowest BCUT2D eigenvalue weighted by Crippen LogP contribution is -2.29. The van der Waals surface area contributed by atoms with Gasteiger partial charge in [0.25, 0.3) is 0 Å². The van der Waals surface area contributed by atoms with Gasteiger partial charge in [-0.1, -0.05) is 54.6 Å². The molecule has 0 aromatic heterocycles. The molecule has 196 valence electrons. The van der Waals surface area contributed by atoms with E-state index in [-0.39, 0.29) is 29.4 Å². The topological polar surface area (TPSA) is 67.2 Å². The van der Waals surface area contributed by atoms with Crippen molar-refractivity contribution >= 4 is 5.69 Å². The molecule has 38 heavy (non-hydrogen) atoms. The molecule has 4 aromatic rings. The van der Waals surface area contributed by atoms with Crippen LogP contribution in [-0.4, -0.2) is 40.0 Å². The number of anilines is 1. The van der Waals surface area contributed by atoms with E-state index in [0.717, 1.165) is 35.2 Å². The Morgan fingerprint density at radius 2 is 1.61 bits per heavy atom. The Morgan fingerprint density at radius 3 is 2.32 bits per heavy atom. The highest BCUT2D eigenvalue weighted by atomic mass is 19.1. The smallest absolute Gasteiger partial charge is 0.123 e. The van der Waals surface area contributed by atoms with Crippen molar-refractivity contribution in [2.45, 2.75) is 37.5 Å². The van der Waals surface area contributed by atoms with Gasteiger partial charge in [-0.05, 0) is 85.5 Å². The Labute approximate surface area is 223 Å². The Bertz CT molecular complexity index is 1360. The van der Waals surface area contributed by atoms with E-state index in [1.807, 2.05) is 36.4 Å². The second-order valence-corrected chi connectivity index (χ2v) is 10.0. The minimum atomic E-state index is -0.652. The molecule has 1 heterocycles. The van der Waals surface area contributed by atoms with Crippen LogP contribution in [0, 0.1) is 5.82 Å². The molecule has 0 bridgehead atoms. The van der Waals surface area contributed by atoms with E-state index >= 15 is 0 Å². The van der Waals surface area contributed by atoms with E-state index in [9.17, 15) is 19.7 Å². The van der Waals surface area contributed by atoms with Gasteiger partial charge < -0.3 is 20.2 Å². The molecule has 1 aliphatic rings. The van der Waals surface area contributed by atoms with Crippen molar-refractivity contribution in [1.29, 1.82) is 0 Å². The molecule has 5 rings (SSSR count). The molecule has 1 aliphatic heterocycles. The van der Waals surface area contributed by atoms with Crippen LogP contribution >= 0.6 is 0 Å². The van der Waals surface area contributed by atoms with Gasteiger partial charge in [0, 0.05) is 17.3 Å². The summed E-state index contributed by atoms with van der Waals surface area (Å²) in [6, 6.07) is 29.0. The summed E-state index contributed by atoms with van der Waals surface area (Å²) < 4.78 is 13.3. The molecular formula is C32H33FN2O3. The van der Waals surface area contributed by atoms with Gasteiger partial charge in [0.1, 0.15) is 17.3 Å². The zero-order valence-electron chi connectivity index (χ0n) is 21.4. The lowest BCUT2D eigenvalue weighted by Gasteiger charge is -2.30. The first kappa shape index (κ1) is 25.8. The normalized spacial score (nSPS) is 18.6. The summed E-state index contributed by atoms with van der Waals surface area (Å²) in [6.07, 6.45) is 1.50. The van der Waals surface area contributed by atoms with Crippen LogP contribution < -0.4 is 4.90 Å². The molecule has 6 heteroatoms. The average molecular weight is 513 g/mol. The summed E-state index contributed by atoms with van der Waals surface area (Å²) >= 11 is 0. The van der Waals surface area contributed by atoms with Crippen LogP contribution in [0.25, 0.3) is 11.1 Å². The van der Waals surface area contributed by atoms with Crippen molar-refractivity contribution in [3.63, 3.8) is 0 Å². The molecule has 3 atom stereocenters. The summed E-state index contributed by atoms with van der Waals surface area (Å²) in [5.74, 6) is 0.0808. The second-order valence-electron chi connectivity index (χ2n) is 10.0. The minimum absolute atomic E-state index is 0.0939. The third-order valence-electron chi connectivity index (χ3n) is 7.49. The molecule has 5 nitrogen and oxygen atoms in total.